The Morgan fingerprint density at radius 1 is 1.20 bits per heavy atom. The van der Waals surface area contributed by atoms with E-state index < -0.39 is 0 Å². The summed E-state index contributed by atoms with van der Waals surface area (Å²) in [6.45, 7) is 0.360. The number of carbonyl (C=O) groups is 2. The van der Waals surface area contributed by atoms with Gasteiger partial charge in [-0.2, -0.15) is 0 Å². The molecule has 20 heavy (non-hydrogen) atoms. The molecule has 0 atom stereocenters. The third-order valence-corrected chi connectivity index (χ3v) is 3.58. The first-order valence-electron chi connectivity index (χ1n) is 7.28. The first kappa shape index (κ1) is 14.6. The van der Waals surface area contributed by atoms with Crippen molar-refractivity contribution >= 4 is 18.1 Å². The minimum Gasteiger partial charge on any atom is -0.446 e. The molecule has 4 heteroatoms. The van der Waals surface area contributed by atoms with Crippen molar-refractivity contribution in [2.75, 3.05) is 11.4 Å². The molecule has 0 aliphatic heterocycles. The van der Waals surface area contributed by atoms with Crippen LogP contribution < -0.4 is 4.90 Å². The molecule has 0 saturated heterocycles. The van der Waals surface area contributed by atoms with Crippen LogP contribution in [0.1, 0.15) is 38.5 Å². The number of anilines is 1. The molecular formula is C16H21NO3. The Labute approximate surface area is 119 Å². The van der Waals surface area contributed by atoms with Gasteiger partial charge in [-0.05, 0) is 37.8 Å². The highest BCUT2D eigenvalue weighted by Gasteiger charge is 2.22. The fourth-order valence-electron chi connectivity index (χ4n) is 2.50. The number of hydrogen-bond acceptors (Lipinski definition) is 3. The van der Waals surface area contributed by atoms with Crippen molar-refractivity contribution in [3.8, 4) is 0 Å². The Morgan fingerprint density at radius 2 is 1.90 bits per heavy atom. The Bertz CT molecular complexity index is 427. The van der Waals surface area contributed by atoms with Gasteiger partial charge in [0, 0.05) is 18.7 Å². The van der Waals surface area contributed by atoms with Crippen LogP contribution in [-0.2, 0) is 9.53 Å². The minimum absolute atomic E-state index is 0.0266. The van der Waals surface area contributed by atoms with Crippen LogP contribution in [0.4, 0.5) is 10.5 Å². The van der Waals surface area contributed by atoms with Gasteiger partial charge in [0.2, 0.25) is 0 Å². The molecule has 0 radical (unpaired) electrons. The van der Waals surface area contributed by atoms with Crippen LogP contribution in [0.5, 0.6) is 0 Å². The molecule has 1 aliphatic carbocycles. The molecule has 0 aromatic heterocycles. The molecule has 1 amide bonds. The summed E-state index contributed by atoms with van der Waals surface area (Å²) in [5, 5.41) is 0. The predicted molar refractivity (Wildman–Crippen MR) is 77.8 cm³/mol. The standard InChI is InChI=1S/C16H21NO3/c18-13-7-12-17(14-8-3-1-4-9-14)16(19)20-15-10-5-2-6-11-15/h1,3-4,8-9,13,15H,2,5-7,10-12H2. The van der Waals surface area contributed by atoms with Crippen LogP contribution in [0.15, 0.2) is 30.3 Å². The summed E-state index contributed by atoms with van der Waals surface area (Å²) in [5.41, 5.74) is 0.773. The first-order chi connectivity index (χ1) is 9.81. The van der Waals surface area contributed by atoms with Crippen molar-refractivity contribution in [3.05, 3.63) is 30.3 Å². The second-order valence-corrected chi connectivity index (χ2v) is 5.09. The van der Waals surface area contributed by atoms with Gasteiger partial charge in [-0.25, -0.2) is 4.79 Å². The lowest BCUT2D eigenvalue weighted by Gasteiger charge is -2.27. The number of amides is 1. The van der Waals surface area contributed by atoms with E-state index in [1.54, 1.807) is 4.90 Å². The highest BCUT2D eigenvalue weighted by molar-refractivity contribution is 5.88. The average Bonchev–Trinajstić information content (AvgIpc) is 2.50. The molecule has 0 bridgehead atoms. The van der Waals surface area contributed by atoms with E-state index >= 15 is 0 Å². The van der Waals surface area contributed by atoms with Gasteiger partial charge in [-0.15, -0.1) is 0 Å². The van der Waals surface area contributed by atoms with Gasteiger partial charge in [0.25, 0.3) is 0 Å². The molecule has 1 aromatic carbocycles. The average molecular weight is 275 g/mol. The van der Waals surface area contributed by atoms with E-state index in [-0.39, 0.29) is 12.2 Å². The Hall–Kier alpha value is -1.84. The second kappa shape index (κ2) is 7.68. The molecule has 2 rings (SSSR count). The van der Waals surface area contributed by atoms with Crippen molar-refractivity contribution in [3.63, 3.8) is 0 Å². The topological polar surface area (TPSA) is 46.6 Å². The van der Waals surface area contributed by atoms with Crippen LogP contribution in [-0.4, -0.2) is 25.0 Å². The molecule has 108 valence electrons. The van der Waals surface area contributed by atoms with Crippen molar-refractivity contribution < 1.29 is 14.3 Å². The van der Waals surface area contributed by atoms with E-state index in [4.69, 9.17) is 4.74 Å². The second-order valence-electron chi connectivity index (χ2n) is 5.09. The van der Waals surface area contributed by atoms with Gasteiger partial charge in [0.1, 0.15) is 12.4 Å². The number of aldehydes is 1. The molecule has 1 saturated carbocycles. The molecule has 4 nitrogen and oxygen atoms in total. The number of benzene rings is 1. The minimum atomic E-state index is -0.343. The lowest BCUT2D eigenvalue weighted by atomic mass is 9.98. The maximum atomic E-state index is 12.3. The monoisotopic (exact) mass is 275 g/mol. The van der Waals surface area contributed by atoms with E-state index in [1.165, 1.54) is 6.42 Å². The third kappa shape index (κ3) is 4.08. The number of hydrogen-bond donors (Lipinski definition) is 0. The maximum Gasteiger partial charge on any atom is 0.414 e. The fraction of sp³-hybridized carbons (Fsp3) is 0.500. The van der Waals surface area contributed by atoms with Crippen LogP contribution >= 0.6 is 0 Å². The van der Waals surface area contributed by atoms with E-state index in [9.17, 15) is 9.59 Å². The molecule has 0 heterocycles. The SMILES string of the molecule is O=CCCN(C(=O)OC1CCCCC1)c1ccccc1. The zero-order valence-corrected chi connectivity index (χ0v) is 11.7. The molecule has 1 fully saturated rings. The molecule has 1 aliphatic rings. The summed E-state index contributed by atoms with van der Waals surface area (Å²) in [6.07, 6.45) is 6.18. The number of carbonyl (C=O) groups excluding carboxylic acids is 2. The summed E-state index contributed by atoms with van der Waals surface area (Å²) >= 11 is 0. The molecule has 0 unspecified atom stereocenters. The quantitative estimate of drug-likeness (QED) is 0.772. The van der Waals surface area contributed by atoms with Crippen molar-refractivity contribution in [2.45, 2.75) is 44.6 Å². The van der Waals surface area contributed by atoms with E-state index in [0.717, 1.165) is 37.7 Å². The summed E-state index contributed by atoms with van der Waals surface area (Å²) < 4.78 is 5.58. The molecule has 0 N–H and O–H groups in total. The number of ether oxygens (including phenoxy) is 1. The number of para-hydroxylation sites is 1. The van der Waals surface area contributed by atoms with Crippen LogP contribution in [0.25, 0.3) is 0 Å². The van der Waals surface area contributed by atoms with Gasteiger partial charge in [0.05, 0.1) is 0 Å². The normalized spacial score (nSPS) is 15.6. The number of rotatable bonds is 5. The number of nitrogens with zero attached hydrogens (tertiary/aromatic N) is 1. The van der Waals surface area contributed by atoms with Crippen molar-refractivity contribution in [1.29, 1.82) is 0 Å². The van der Waals surface area contributed by atoms with E-state index in [2.05, 4.69) is 0 Å². The largest absolute Gasteiger partial charge is 0.446 e. The van der Waals surface area contributed by atoms with Gasteiger partial charge in [-0.3, -0.25) is 4.90 Å². The lowest BCUT2D eigenvalue weighted by molar-refractivity contribution is -0.107. The van der Waals surface area contributed by atoms with Gasteiger partial charge in [-0.1, -0.05) is 24.6 Å². The Balaban J connectivity index is 2.01. The highest BCUT2D eigenvalue weighted by Crippen LogP contribution is 2.22. The maximum absolute atomic E-state index is 12.3. The Kier molecular flexibility index (Phi) is 5.59. The zero-order chi connectivity index (χ0) is 14.2. The predicted octanol–water partition coefficient (Wildman–Crippen LogP) is 3.55. The molecule has 1 aromatic rings. The van der Waals surface area contributed by atoms with Crippen molar-refractivity contribution in [2.24, 2.45) is 0 Å². The lowest BCUT2D eigenvalue weighted by Crippen LogP contribution is -2.35. The fourth-order valence-corrected chi connectivity index (χ4v) is 2.50. The molecule has 0 spiro atoms. The van der Waals surface area contributed by atoms with Crippen LogP contribution in [0, 0.1) is 0 Å². The summed E-state index contributed by atoms with van der Waals surface area (Å²) in [7, 11) is 0. The molecular weight excluding hydrogens is 254 g/mol. The van der Waals surface area contributed by atoms with Crippen molar-refractivity contribution in [1.82, 2.24) is 0 Å². The van der Waals surface area contributed by atoms with Gasteiger partial charge in [0.15, 0.2) is 0 Å². The van der Waals surface area contributed by atoms with Gasteiger partial charge < -0.3 is 9.53 Å². The first-order valence-corrected chi connectivity index (χ1v) is 7.28. The highest BCUT2D eigenvalue weighted by atomic mass is 16.6. The summed E-state index contributed by atoms with van der Waals surface area (Å²) in [6, 6.07) is 9.35. The van der Waals surface area contributed by atoms with E-state index in [0.29, 0.717) is 13.0 Å². The summed E-state index contributed by atoms with van der Waals surface area (Å²) in [5.74, 6) is 0. The van der Waals surface area contributed by atoms with Crippen LogP contribution in [0.3, 0.4) is 0 Å². The van der Waals surface area contributed by atoms with Gasteiger partial charge >= 0.3 is 6.09 Å². The summed E-state index contributed by atoms with van der Waals surface area (Å²) in [4.78, 5) is 24.4. The van der Waals surface area contributed by atoms with Crippen LogP contribution in [0.2, 0.25) is 0 Å². The zero-order valence-electron chi connectivity index (χ0n) is 11.7. The Morgan fingerprint density at radius 3 is 2.55 bits per heavy atom. The third-order valence-electron chi connectivity index (χ3n) is 3.58. The smallest absolute Gasteiger partial charge is 0.414 e. The van der Waals surface area contributed by atoms with E-state index in [1.807, 2.05) is 30.3 Å².